The van der Waals surface area contributed by atoms with Gasteiger partial charge in [-0.2, -0.15) is 0 Å². The molecule has 7 heteroatoms. The molecule has 4 aromatic rings. The molecule has 0 radical (unpaired) electrons. The van der Waals surface area contributed by atoms with E-state index in [0.717, 1.165) is 22.7 Å². The van der Waals surface area contributed by atoms with Crippen molar-refractivity contribution in [3.8, 4) is 17.0 Å². The monoisotopic (exact) mass is 387 g/mol. The lowest BCUT2D eigenvalue weighted by Crippen LogP contribution is -2.21. The van der Waals surface area contributed by atoms with Crippen LogP contribution in [0.15, 0.2) is 67.1 Å². The van der Waals surface area contributed by atoms with Crippen LogP contribution in [0.1, 0.15) is 10.4 Å². The number of fused-ring (bicyclic) bond motifs is 1. The van der Waals surface area contributed by atoms with Crippen molar-refractivity contribution in [3.63, 3.8) is 0 Å². The number of aromatic nitrogens is 3. The Labute approximate surface area is 168 Å². The largest absolute Gasteiger partial charge is 0.497 e. The van der Waals surface area contributed by atoms with E-state index in [1.807, 2.05) is 53.2 Å². The molecule has 0 aliphatic carbocycles. The summed E-state index contributed by atoms with van der Waals surface area (Å²) in [6.07, 6.45) is 5.43. The summed E-state index contributed by atoms with van der Waals surface area (Å²) in [4.78, 5) is 22.6. The summed E-state index contributed by atoms with van der Waals surface area (Å²) < 4.78 is 7.22. The number of nitrogens with zero attached hydrogens (tertiary/aromatic N) is 4. The summed E-state index contributed by atoms with van der Waals surface area (Å²) in [6.45, 7) is 0. The van der Waals surface area contributed by atoms with E-state index in [9.17, 15) is 4.79 Å². The topological polar surface area (TPSA) is 71.8 Å². The zero-order valence-corrected chi connectivity index (χ0v) is 16.5. The standard InChI is InChI=1S/C22H21N5O2/c1-26(2)22(28)16-4-8-17(9-5-16)25-20-21-24-14-19(27(21)13-12-23-20)15-6-10-18(29-3)11-7-15/h4-14H,1-3H3,(H,23,25). The third kappa shape index (κ3) is 3.62. The second-order valence-corrected chi connectivity index (χ2v) is 6.74. The molecular weight excluding hydrogens is 366 g/mol. The Bertz CT molecular complexity index is 1150. The molecule has 29 heavy (non-hydrogen) atoms. The summed E-state index contributed by atoms with van der Waals surface area (Å²) in [6, 6.07) is 15.1. The van der Waals surface area contributed by atoms with Crippen LogP contribution in [0.25, 0.3) is 16.9 Å². The fourth-order valence-corrected chi connectivity index (χ4v) is 3.07. The highest BCUT2D eigenvalue weighted by molar-refractivity contribution is 5.94. The number of nitrogens with one attached hydrogen (secondary N) is 1. The van der Waals surface area contributed by atoms with Gasteiger partial charge >= 0.3 is 0 Å². The van der Waals surface area contributed by atoms with Crippen molar-refractivity contribution in [3.05, 3.63) is 72.7 Å². The zero-order valence-electron chi connectivity index (χ0n) is 16.5. The Hall–Kier alpha value is -3.87. The molecule has 2 aromatic heterocycles. The summed E-state index contributed by atoms with van der Waals surface area (Å²) >= 11 is 0. The fourth-order valence-electron chi connectivity index (χ4n) is 3.07. The van der Waals surface area contributed by atoms with E-state index in [0.29, 0.717) is 17.0 Å². The number of ether oxygens (including phenoxy) is 1. The molecular formula is C22H21N5O2. The van der Waals surface area contributed by atoms with Gasteiger partial charge in [0.25, 0.3) is 5.91 Å². The molecule has 2 aromatic carbocycles. The molecule has 4 rings (SSSR count). The third-order valence-electron chi connectivity index (χ3n) is 4.61. The van der Waals surface area contributed by atoms with E-state index in [-0.39, 0.29) is 5.91 Å². The van der Waals surface area contributed by atoms with Crippen LogP contribution in [0, 0.1) is 0 Å². The van der Waals surface area contributed by atoms with Crippen molar-refractivity contribution in [2.45, 2.75) is 0 Å². The lowest BCUT2D eigenvalue weighted by molar-refractivity contribution is 0.0827. The van der Waals surface area contributed by atoms with Crippen LogP contribution in [0.4, 0.5) is 11.5 Å². The van der Waals surface area contributed by atoms with Gasteiger partial charge in [-0.05, 0) is 48.5 Å². The van der Waals surface area contributed by atoms with E-state index in [1.54, 1.807) is 44.4 Å². The van der Waals surface area contributed by atoms with Gasteiger partial charge in [0, 0.05) is 43.3 Å². The summed E-state index contributed by atoms with van der Waals surface area (Å²) in [5.41, 5.74) is 4.16. The highest BCUT2D eigenvalue weighted by atomic mass is 16.5. The molecule has 0 spiro atoms. The molecule has 0 unspecified atom stereocenters. The molecule has 0 saturated heterocycles. The van der Waals surface area contributed by atoms with E-state index in [1.165, 1.54) is 0 Å². The Morgan fingerprint density at radius 2 is 1.76 bits per heavy atom. The first-order chi connectivity index (χ1) is 14.1. The Morgan fingerprint density at radius 1 is 1.03 bits per heavy atom. The minimum Gasteiger partial charge on any atom is -0.497 e. The van der Waals surface area contributed by atoms with Crippen molar-refractivity contribution < 1.29 is 9.53 Å². The predicted molar refractivity (Wildman–Crippen MR) is 113 cm³/mol. The molecule has 2 heterocycles. The maximum absolute atomic E-state index is 12.0. The lowest BCUT2D eigenvalue weighted by atomic mass is 10.1. The van der Waals surface area contributed by atoms with Crippen LogP contribution in [0.2, 0.25) is 0 Å². The molecule has 1 N–H and O–H groups in total. The molecule has 0 bridgehead atoms. The number of imidazole rings is 1. The van der Waals surface area contributed by atoms with Crippen LogP contribution in [0.3, 0.4) is 0 Å². The van der Waals surface area contributed by atoms with E-state index >= 15 is 0 Å². The van der Waals surface area contributed by atoms with E-state index in [4.69, 9.17) is 4.74 Å². The number of carbonyl (C=O) groups is 1. The van der Waals surface area contributed by atoms with E-state index in [2.05, 4.69) is 15.3 Å². The number of methoxy groups -OCH3 is 1. The summed E-state index contributed by atoms with van der Waals surface area (Å²) in [5, 5.41) is 3.29. The van der Waals surface area contributed by atoms with Gasteiger partial charge in [0.1, 0.15) is 5.75 Å². The number of anilines is 2. The minimum absolute atomic E-state index is 0.0332. The minimum atomic E-state index is -0.0332. The lowest BCUT2D eigenvalue weighted by Gasteiger charge is -2.11. The van der Waals surface area contributed by atoms with Gasteiger partial charge in [-0.3, -0.25) is 9.20 Å². The Balaban J connectivity index is 1.63. The second-order valence-electron chi connectivity index (χ2n) is 6.74. The third-order valence-corrected chi connectivity index (χ3v) is 4.61. The first-order valence-corrected chi connectivity index (χ1v) is 9.12. The summed E-state index contributed by atoms with van der Waals surface area (Å²) in [5.74, 6) is 1.41. The van der Waals surface area contributed by atoms with Crippen LogP contribution in [-0.2, 0) is 0 Å². The molecule has 0 fully saturated rings. The van der Waals surface area contributed by atoms with Crippen LogP contribution >= 0.6 is 0 Å². The molecule has 0 saturated carbocycles. The van der Waals surface area contributed by atoms with Crippen LogP contribution < -0.4 is 10.1 Å². The number of hydrogen-bond acceptors (Lipinski definition) is 5. The van der Waals surface area contributed by atoms with Crippen molar-refractivity contribution in [1.29, 1.82) is 0 Å². The van der Waals surface area contributed by atoms with Crippen molar-refractivity contribution >= 4 is 23.1 Å². The quantitative estimate of drug-likeness (QED) is 0.563. The number of benzene rings is 2. The van der Waals surface area contributed by atoms with Crippen molar-refractivity contribution in [2.24, 2.45) is 0 Å². The second kappa shape index (κ2) is 7.63. The highest BCUT2D eigenvalue weighted by Crippen LogP contribution is 2.26. The predicted octanol–water partition coefficient (Wildman–Crippen LogP) is 3.85. The number of rotatable bonds is 5. The maximum Gasteiger partial charge on any atom is 0.253 e. The van der Waals surface area contributed by atoms with Crippen molar-refractivity contribution in [2.75, 3.05) is 26.5 Å². The fraction of sp³-hybridized carbons (Fsp3) is 0.136. The van der Waals surface area contributed by atoms with Crippen LogP contribution in [-0.4, -0.2) is 46.4 Å². The average Bonchev–Trinajstić information content (AvgIpc) is 3.19. The summed E-state index contributed by atoms with van der Waals surface area (Å²) in [7, 11) is 5.12. The zero-order chi connectivity index (χ0) is 20.4. The normalized spacial score (nSPS) is 10.7. The van der Waals surface area contributed by atoms with Crippen molar-refractivity contribution in [1.82, 2.24) is 19.3 Å². The van der Waals surface area contributed by atoms with Gasteiger partial charge in [-0.25, -0.2) is 9.97 Å². The van der Waals surface area contributed by atoms with E-state index < -0.39 is 0 Å². The first kappa shape index (κ1) is 18.5. The van der Waals surface area contributed by atoms with Crippen LogP contribution in [0.5, 0.6) is 5.75 Å². The van der Waals surface area contributed by atoms with Gasteiger partial charge in [-0.1, -0.05) is 0 Å². The first-order valence-electron chi connectivity index (χ1n) is 9.12. The molecule has 1 amide bonds. The smallest absolute Gasteiger partial charge is 0.253 e. The maximum atomic E-state index is 12.0. The van der Waals surface area contributed by atoms with Gasteiger partial charge < -0.3 is 15.0 Å². The average molecular weight is 387 g/mol. The number of amides is 1. The van der Waals surface area contributed by atoms with Gasteiger partial charge in [0.2, 0.25) is 0 Å². The SMILES string of the molecule is COc1ccc(-c2cnc3c(Nc4ccc(C(=O)N(C)C)cc4)nccn23)cc1. The number of carbonyl (C=O) groups excluding carboxylic acids is 1. The Morgan fingerprint density at radius 3 is 2.41 bits per heavy atom. The Kier molecular flexibility index (Phi) is 4.87. The number of hydrogen-bond donors (Lipinski definition) is 1. The van der Waals surface area contributed by atoms with Gasteiger partial charge in [0.05, 0.1) is 19.0 Å². The molecule has 0 atom stereocenters. The van der Waals surface area contributed by atoms with Gasteiger partial charge in [-0.15, -0.1) is 0 Å². The molecule has 0 aliphatic heterocycles. The molecule has 0 aliphatic rings. The molecule has 146 valence electrons. The van der Waals surface area contributed by atoms with Gasteiger partial charge in [0.15, 0.2) is 11.5 Å². The molecule has 7 nitrogen and oxygen atoms in total. The highest BCUT2D eigenvalue weighted by Gasteiger charge is 2.12.